The molecule has 0 bridgehead atoms. The Hall–Kier alpha value is -2.56. The quantitative estimate of drug-likeness (QED) is 0.853. The van der Waals surface area contributed by atoms with Gasteiger partial charge in [-0.1, -0.05) is 18.2 Å². The van der Waals surface area contributed by atoms with E-state index in [0.29, 0.717) is 5.56 Å². The van der Waals surface area contributed by atoms with E-state index >= 15 is 0 Å². The Labute approximate surface area is 103 Å². The summed E-state index contributed by atoms with van der Waals surface area (Å²) in [5, 5.41) is 11.6. The first kappa shape index (κ1) is 11.9. The van der Waals surface area contributed by atoms with E-state index in [4.69, 9.17) is 9.52 Å². The Morgan fingerprint density at radius 1 is 1.28 bits per heavy atom. The lowest BCUT2D eigenvalue weighted by atomic mass is 10.2. The van der Waals surface area contributed by atoms with Crippen LogP contribution in [0.1, 0.15) is 16.1 Å². The highest BCUT2D eigenvalue weighted by Gasteiger charge is 2.06. The van der Waals surface area contributed by atoms with Gasteiger partial charge in [0.1, 0.15) is 12.0 Å². The maximum absolute atomic E-state index is 11.7. The Balaban J connectivity index is 2.02. The van der Waals surface area contributed by atoms with Crippen LogP contribution < -0.4 is 10.7 Å². The fourth-order valence-electron chi connectivity index (χ4n) is 1.40. The van der Waals surface area contributed by atoms with Crippen molar-refractivity contribution in [1.82, 2.24) is 5.32 Å². The van der Waals surface area contributed by atoms with Crippen LogP contribution >= 0.6 is 0 Å². The van der Waals surface area contributed by atoms with Crippen LogP contribution in [0.5, 0.6) is 5.75 Å². The van der Waals surface area contributed by atoms with E-state index in [9.17, 15) is 9.59 Å². The molecular weight excluding hydrogens is 234 g/mol. The molecule has 0 unspecified atom stereocenters. The fraction of sp³-hybridized carbons (Fsp3) is 0.0769. The highest BCUT2D eigenvalue weighted by atomic mass is 16.4. The standard InChI is InChI=1S/C13H11NO4/c15-11-6-10(18-8-12(11)16)7-14-13(17)9-4-2-1-3-5-9/h1-6,8,16H,7H2,(H,14,17). The minimum Gasteiger partial charge on any atom is -0.502 e. The maximum atomic E-state index is 11.7. The number of hydrogen-bond acceptors (Lipinski definition) is 4. The molecule has 0 atom stereocenters. The summed E-state index contributed by atoms with van der Waals surface area (Å²) in [7, 11) is 0. The normalized spacial score (nSPS) is 10.0. The third-order valence-electron chi connectivity index (χ3n) is 2.33. The van der Waals surface area contributed by atoms with Crippen molar-refractivity contribution in [1.29, 1.82) is 0 Å². The van der Waals surface area contributed by atoms with Gasteiger partial charge >= 0.3 is 0 Å². The monoisotopic (exact) mass is 245 g/mol. The van der Waals surface area contributed by atoms with Crippen LogP contribution in [0.25, 0.3) is 0 Å². The summed E-state index contributed by atoms with van der Waals surface area (Å²) < 4.78 is 4.96. The zero-order chi connectivity index (χ0) is 13.0. The van der Waals surface area contributed by atoms with Crippen molar-refractivity contribution in [2.45, 2.75) is 6.54 Å². The van der Waals surface area contributed by atoms with E-state index in [1.165, 1.54) is 0 Å². The number of rotatable bonds is 3. The van der Waals surface area contributed by atoms with Crippen LogP contribution in [-0.2, 0) is 6.54 Å². The molecule has 0 spiro atoms. The van der Waals surface area contributed by atoms with Crippen LogP contribution in [0.3, 0.4) is 0 Å². The molecule has 2 rings (SSSR count). The predicted molar refractivity (Wildman–Crippen MR) is 64.3 cm³/mol. The minimum atomic E-state index is -0.537. The number of benzene rings is 1. The molecule has 1 aromatic heterocycles. The van der Waals surface area contributed by atoms with Gasteiger partial charge in [-0.25, -0.2) is 0 Å². The van der Waals surface area contributed by atoms with Crippen LogP contribution in [0, 0.1) is 0 Å². The molecule has 0 radical (unpaired) electrons. The molecule has 0 aliphatic carbocycles. The molecule has 1 amide bonds. The first-order chi connectivity index (χ1) is 8.66. The second-order valence-electron chi connectivity index (χ2n) is 3.64. The molecule has 18 heavy (non-hydrogen) atoms. The van der Waals surface area contributed by atoms with Crippen molar-refractivity contribution in [2.75, 3.05) is 0 Å². The summed E-state index contributed by atoms with van der Waals surface area (Å²) in [5.74, 6) is -0.429. The molecule has 92 valence electrons. The Bertz CT molecular complexity index is 604. The average molecular weight is 245 g/mol. The van der Waals surface area contributed by atoms with Gasteiger partial charge in [0.2, 0.25) is 5.43 Å². The van der Waals surface area contributed by atoms with Crippen LogP contribution in [0.15, 0.2) is 51.9 Å². The first-order valence-corrected chi connectivity index (χ1v) is 5.31. The van der Waals surface area contributed by atoms with Gasteiger partial charge in [0.05, 0.1) is 6.54 Å². The molecule has 0 aliphatic heterocycles. The van der Waals surface area contributed by atoms with Crippen molar-refractivity contribution >= 4 is 5.91 Å². The zero-order valence-electron chi connectivity index (χ0n) is 9.42. The number of aromatic hydroxyl groups is 1. The maximum Gasteiger partial charge on any atom is 0.251 e. The summed E-state index contributed by atoms with van der Waals surface area (Å²) in [4.78, 5) is 22.8. The topological polar surface area (TPSA) is 79.5 Å². The molecule has 0 aliphatic rings. The molecule has 0 saturated heterocycles. The van der Waals surface area contributed by atoms with E-state index in [1.807, 2.05) is 6.07 Å². The highest BCUT2D eigenvalue weighted by molar-refractivity contribution is 5.93. The Kier molecular flexibility index (Phi) is 3.43. The van der Waals surface area contributed by atoms with Crippen molar-refractivity contribution in [3.05, 3.63) is 64.2 Å². The fourth-order valence-corrected chi connectivity index (χ4v) is 1.40. The Morgan fingerprint density at radius 2 is 2.00 bits per heavy atom. The molecule has 0 saturated carbocycles. The molecule has 5 heteroatoms. The smallest absolute Gasteiger partial charge is 0.251 e. The van der Waals surface area contributed by atoms with Crippen LogP contribution in [0.4, 0.5) is 0 Å². The van der Waals surface area contributed by atoms with Gasteiger partial charge in [-0.3, -0.25) is 9.59 Å². The largest absolute Gasteiger partial charge is 0.502 e. The van der Waals surface area contributed by atoms with E-state index in [0.717, 1.165) is 12.3 Å². The lowest BCUT2D eigenvalue weighted by molar-refractivity contribution is 0.0948. The summed E-state index contributed by atoms with van der Waals surface area (Å²) in [6.07, 6.45) is 0.951. The van der Waals surface area contributed by atoms with Gasteiger partial charge in [-0.15, -0.1) is 0 Å². The van der Waals surface area contributed by atoms with Gasteiger partial charge < -0.3 is 14.8 Å². The summed E-state index contributed by atoms with van der Waals surface area (Å²) in [6, 6.07) is 9.84. The van der Waals surface area contributed by atoms with Gasteiger partial charge in [-0.05, 0) is 12.1 Å². The van der Waals surface area contributed by atoms with E-state index < -0.39 is 11.2 Å². The average Bonchev–Trinajstić information content (AvgIpc) is 2.41. The molecule has 0 fully saturated rings. The van der Waals surface area contributed by atoms with E-state index in [1.54, 1.807) is 24.3 Å². The number of hydrogen-bond donors (Lipinski definition) is 2. The first-order valence-electron chi connectivity index (χ1n) is 5.31. The van der Waals surface area contributed by atoms with Crippen molar-refractivity contribution in [3.63, 3.8) is 0 Å². The number of carbonyl (C=O) groups excluding carboxylic acids is 1. The molecule has 2 aromatic rings. The van der Waals surface area contributed by atoms with Gasteiger partial charge in [0.25, 0.3) is 5.91 Å². The van der Waals surface area contributed by atoms with Gasteiger partial charge in [0, 0.05) is 11.6 Å². The molecule has 5 nitrogen and oxygen atoms in total. The molecular formula is C13H11NO4. The zero-order valence-corrected chi connectivity index (χ0v) is 9.42. The number of amides is 1. The summed E-state index contributed by atoms with van der Waals surface area (Å²) in [5.41, 5.74) is -0.0103. The van der Waals surface area contributed by atoms with Crippen molar-refractivity contribution in [2.24, 2.45) is 0 Å². The van der Waals surface area contributed by atoms with Crippen molar-refractivity contribution < 1.29 is 14.3 Å². The van der Waals surface area contributed by atoms with Crippen LogP contribution in [0.2, 0.25) is 0 Å². The van der Waals surface area contributed by atoms with E-state index in [-0.39, 0.29) is 18.2 Å². The lowest BCUT2D eigenvalue weighted by Crippen LogP contribution is -2.23. The second kappa shape index (κ2) is 5.18. The highest BCUT2D eigenvalue weighted by Crippen LogP contribution is 2.04. The van der Waals surface area contributed by atoms with Gasteiger partial charge in [-0.2, -0.15) is 0 Å². The minimum absolute atomic E-state index is 0.0866. The third-order valence-corrected chi connectivity index (χ3v) is 2.33. The number of nitrogens with one attached hydrogen (secondary N) is 1. The lowest BCUT2D eigenvalue weighted by Gasteiger charge is -2.04. The van der Waals surface area contributed by atoms with Gasteiger partial charge in [0.15, 0.2) is 5.75 Å². The SMILES string of the molecule is O=C(NCc1cc(=O)c(O)co1)c1ccccc1. The molecule has 2 N–H and O–H groups in total. The van der Waals surface area contributed by atoms with Crippen LogP contribution in [-0.4, -0.2) is 11.0 Å². The number of carbonyl (C=O) groups is 1. The second-order valence-corrected chi connectivity index (χ2v) is 3.64. The summed E-state index contributed by atoms with van der Waals surface area (Å²) in [6.45, 7) is 0.0866. The Morgan fingerprint density at radius 3 is 2.67 bits per heavy atom. The summed E-state index contributed by atoms with van der Waals surface area (Å²) >= 11 is 0. The third kappa shape index (κ3) is 2.76. The van der Waals surface area contributed by atoms with E-state index in [2.05, 4.69) is 5.32 Å². The molecule has 1 aromatic carbocycles. The predicted octanol–water partition coefficient (Wildman–Crippen LogP) is 1.28. The van der Waals surface area contributed by atoms with Crippen molar-refractivity contribution in [3.8, 4) is 5.75 Å². The molecule has 1 heterocycles.